The SMILES string of the molecule is CCOC(=O)[C@@H]1Cc2c([nH]c3ccccc23)[C@]2(c3ccccc3)CCC(=O)N12. The van der Waals surface area contributed by atoms with E-state index >= 15 is 0 Å². The number of nitrogens with zero attached hydrogens (tertiary/aromatic N) is 1. The highest BCUT2D eigenvalue weighted by Crippen LogP contribution is 2.51. The molecule has 0 spiro atoms. The number of nitrogens with one attached hydrogen (secondary N) is 1. The summed E-state index contributed by atoms with van der Waals surface area (Å²) < 4.78 is 5.38. The summed E-state index contributed by atoms with van der Waals surface area (Å²) in [5.41, 5.74) is 3.55. The van der Waals surface area contributed by atoms with Crippen LogP contribution in [0.5, 0.6) is 0 Å². The zero-order valence-electron chi connectivity index (χ0n) is 15.8. The van der Waals surface area contributed by atoms with Gasteiger partial charge >= 0.3 is 5.97 Å². The molecule has 2 aliphatic heterocycles. The Morgan fingerprint density at radius 1 is 1.18 bits per heavy atom. The molecule has 1 aromatic heterocycles. The van der Waals surface area contributed by atoms with Gasteiger partial charge in [0.1, 0.15) is 11.6 Å². The number of aromatic amines is 1. The molecule has 1 N–H and O–H groups in total. The Kier molecular flexibility index (Phi) is 3.79. The van der Waals surface area contributed by atoms with Gasteiger partial charge in [-0.1, -0.05) is 48.5 Å². The van der Waals surface area contributed by atoms with Gasteiger partial charge in [0, 0.05) is 23.7 Å². The average Bonchev–Trinajstić information content (AvgIpc) is 3.27. The second kappa shape index (κ2) is 6.23. The molecule has 5 rings (SSSR count). The molecular weight excluding hydrogens is 352 g/mol. The van der Waals surface area contributed by atoms with Crippen molar-refractivity contribution in [1.29, 1.82) is 0 Å². The van der Waals surface area contributed by atoms with Gasteiger partial charge in [-0.15, -0.1) is 0 Å². The summed E-state index contributed by atoms with van der Waals surface area (Å²) in [6, 6.07) is 17.6. The number of carbonyl (C=O) groups excluding carboxylic acids is 2. The fraction of sp³-hybridized carbons (Fsp3) is 0.304. The van der Waals surface area contributed by atoms with Gasteiger partial charge in [-0.05, 0) is 30.5 Å². The maximum Gasteiger partial charge on any atom is 0.329 e. The van der Waals surface area contributed by atoms with Gasteiger partial charge in [-0.3, -0.25) is 4.79 Å². The summed E-state index contributed by atoms with van der Waals surface area (Å²) in [5, 5.41) is 1.11. The van der Waals surface area contributed by atoms with Crippen molar-refractivity contribution in [1.82, 2.24) is 9.88 Å². The van der Waals surface area contributed by atoms with E-state index in [1.165, 1.54) is 0 Å². The lowest BCUT2D eigenvalue weighted by atomic mass is 9.77. The summed E-state index contributed by atoms with van der Waals surface area (Å²) in [4.78, 5) is 31.3. The molecule has 1 fully saturated rings. The molecule has 0 unspecified atom stereocenters. The van der Waals surface area contributed by atoms with Crippen molar-refractivity contribution >= 4 is 22.8 Å². The molecule has 142 valence electrons. The second-order valence-corrected chi connectivity index (χ2v) is 7.49. The number of H-pyrrole nitrogens is 1. The highest BCUT2D eigenvalue weighted by Gasteiger charge is 2.57. The number of fused-ring (bicyclic) bond motifs is 5. The molecule has 0 aliphatic carbocycles. The number of ether oxygens (including phenoxy) is 1. The van der Waals surface area contributed by atoms with E-state index in [1.54, 1.807) is 11.8 Å². The van der Waals surface area contributed by atoms with Crippen molar-refractivity contribution in [2.75, 3.05) is 6.61 Å². The van der Waals surface area contributed by atoms with E-state index in [-0.39, 0.29) is 11.9 Å². The first-order valence-corrected chi connectivity index (χ1v) is 9.81. The number of amides is 1. The van der Waals surface area contributed by atoms with Crippen molar-refractivity contribution < 1.29 is 14.3 Å². The Morgan fingerprint density at radius 3 is 2.71 bits per heavy atom. The van der Waals surface area contributed by atoms with Crippen LogP contribution in [0.1, 0.15) is 36.6 Å². The molecule has 3 heterocycles. The largest absolute Gasteiger partial charge is 0.464 e. The maximum absolute atomic E-state index is 13.0. The molecule has 0 saturated carbocycles. The van der Waals surface area contributed by atoms with Crippen molar-refractivity contribution in [3.05, 3.63) is 71.4 Å². The van der Waals surface area contributed by atoms with Gasteiger partial charge in [0.05, 0.1) is 12.3 Å². The van der Waals surface area contributed by atoms with Crippen LogP contribution in [0.2, 0.25) is 0 Å². The highest BCUT2D eigenvalue weighted by atomic mass is 16.5. The molecular formula is C23H22N2O3. The third-order valence-corrected chi connectivity index (χ3v) is 6.13. The number of carbonyl (C=O) groups is 2. The zero-order chi connectivity index (χ0) is 19.3. The molecule has 2 aromatic carbocycles. The van der Waals surface area contributed by atoms with Crippen molar-refractivity contribution in [3.8, 4) is 0 Å². The number of rotatable bonds is 3. The van der Waals surface area contributed by atoms with Crippen LogP contribution in [0.15, 0.2) is 54.6 Å². The molecule has 1 amide bonds. The smallest absolute Gasteiger partial charge is 0.329 e. The van der Waals surface area contributed by atoms with Crippen molar-refractivity contribution in [3.63, 3.8) is 0 Å². The lowest BCUT2D eigenvalue weighted by molar-refractivity contribution is -0.157. The van der Waals surface area contributed by atoms with E-state index in [9.17, 15) is 9.59 Å². The van der Waals surface area contributed by atoms with Crippen LogP contribution >= 0.6 is 0 Å². The number of esters is 1. The van der Waals surface area contributed by atoms with Gasteiger partial charge < -0.3 is 14.6 Å². The Bertz CT molecular complexity index is 1070. The zero-order valence-corrected chi connectivity index (χ0v) is 15.8. The molecule has 5 heteroatoms. The molecule has 1 saturated heterocycles. The van der Waals surface area contributed by atoms with Gasteiger partial charge in [-0.2, -0.15) is 0 Å². The van der Waals surface area contributed by atoms with E-state index < -0.39 is 11.6 Å². The highest BCUT2D eigenvalue weighted by molar-refractivity contribution is 5.93. The van der Waals surface area contributed by atoms with E-state index in [4.69, 9.17) is 4.74 Å². The van der Waals surface area contributed by atoms with Crippen molar-refractivity contribution in [2.45, 2.75) is 37.8 Å². The molecule has 5 nitrogen and oxygen atoms in total. The van der Waals surface area contributed by atoms with Gasteiger partial charge in [-0.25, -0.2) is 4.79 Å². The number of benzene rings is 2. The van der Waals surface area contributed by atoms with Crippen LogP contribution in [-0.4, -0.2) is 34.4 Å². The summed E-state index contributed by atoms with van der Waals surface area (Å²) in [6.45, 7) is 2.10. The van der Waals surface area contributed by atoms with E-state index in [0.717, 1.165) is 27.7 Å². The number of aromatic nitrogens is 1. The van der Waals surface area contributed by atoms with Gasteiger partial charge in [0.25, 0.3) is 0 Å². The van der Waals surface area contributed by atoms with E-state index in [1.807, 2.05) is 36.4 Å². The normalized spacial score (nSPS) is 23.5. The van der Waals surface area contributed by atoms with Crippen LogP contribution in [-0.2, 0) is 26.3 Å². The topological polar surface area (TPSA) is 62.4 Å². The molecule has 2 aliphatic rings. The minimum Gasteiger partial charge on any atom is -0.464 e. The summed E-state index contributed by atoms with van der Waals surface area (Å²) in [6.07, 6.45) is 1.53. The first kappa shape index (κ1) is 17.0. The van der Waals surface area contributed by atoms with Crippen LogP contribution in [0.3, 0.4) is 0 Å². The summed E-state index contributed by atoms with van der Waals surface area (Å²) in [7, 11) is 0. The minimum absolute atomic E-state index is 0.00575. The lowest BCUT2D eigenvalue weighted by Crippen LogP contribution is -2.57. The summed E-state index contributed by atoms with van der Waals surface area (Å²) in [5.74, 6) is -0.319. The average molecular weight is 374 g/mol. The quantitative estimate of drug-likeness (QED) is 0.714. The molecule has 0 radical (unpaired) electrons. The maximum atomic E-state index is 13.0. The molecule has 3 aromatic rings. The Hall–Kier alpha value is -3.08. The van der Waals surface area contributed by atoms with Gasteiger partial charge in [0.2, 0.25) is 5.91 Å². The first-order chi connectivity index (χ1) is 13.7. The monoisotopic (exact) mass is 374 g/mol. The Morgan fingerprint density at radius 2 is 1.93 bits per heavy atom. The number of para-hydroxylation sites is 1. The predicted octanol–water partition coefficient (Wildman–Crippen LogP) is 3.52. The molecule has 2 atom stereocenters. The minimum atomic E-state index is -0.664. The number of hydrogen-bond donors (Lipinski definition) is 1. The number of hydrogen-bond acceptors (Lipinski definition) is 3. The molecule has 0 bridgehead atoms. The van der Waals surface area contributed by atoms with Crippen molar-refractivity contribution in [2.24, 2.45) is 0 Å². The standard InChI is InChI=1S/C23H22N2O3/c1-2-28-22(27)19-14-17-16-10-6-7-11-18(16)24-21(17)23(13-12-20(26)25(19)23)15-8-4-3-5-9-15/h3-11,19,24H,2,12-14H2,1H3/t19-,23+/m0/s1. The fourth-order valence-corrected chi connectivity index (χ4v) is 5.05. The Labute approximate surface area is 163 Å². The predicted molar refractivity (Wildman–Crippen MR) is 106 cm³/mol. The summed E-state index contributed by atoms with van der Waals surface area (Å²) >= 11 is 0. The van der Waals surface area contributed by atoms with Crippen LogP contribution in [0.25, 0.3) is 10.9 Å². The van der Waals surface area contributed by atoms with Crippen LogP contribution < -0.4 is 0 Å². The Balaban J connectivity index is 1.82. The van der Waals surface area contributed by atoms with Crippen LogP contribution in [0.4, 0.5) is 0 Å². The van der Waals surface area contributed by atoms with E-state index in [2.05, 4.69) is 23.2 Å². The molecule has 28 heavy (non-hydrogen) atoms. The third-order valence-electron chi connectivity index (χ3n) is 6.13. The third kappa shape index (κ3) is 2.19. The van der Waals surface area contributed by atoms with E-state index in [0.29, 0.717) is 25.9 Å². The van der Waals surface area contributed by atoms with Gasteiger partial charge in [0.15, 0.2) is 0 Å². The second-order valence-electron chi connectivity index (χ2n) is 7.49. The first-order valence-electron chi connectivity index (χ1n) is 9.81. The fourth-order valence-electron chi connectivity index (χ4n) is 5.05. The van der Waals surface area contributed by atoms with Crippen LogP contribution in [0, 0.1) is 0 Å². The lowest BCUT2D eigenvalue weighted by Gasteiger charge is -2.46.